The molecule has 7 nitrogen and oxygen atoms in total. The lowest BCUT2D eigenvalue weighted by Gasteiger charge is -2.15. The standard InChI is InChI=1S/C22H24ClN3O4.ClH/c1-15(23)16-5-4-6-17(11-16)26-22-18-12-20(29-9-7-27-2)21(30-10-8-28-3)13-19(18)24-14-25-22;/h4-6,11-14H,1,7-10H2,2-3H3,(H,24,25,26);1H. The zero-order valence-electron chi connectivity index (χ0n) is 17.4. The van der Waals surface area contributed by atoms with E-state index in [9.17, 15) is 0 Å². The van der Waals surface area contributed by atoms with E-state index >= 15 is 0 Å². The number of benzene rings is 2. The Bertz CT molecular complexity index is 1020. The number of rotatable bonds is 11. The summed E-state index contributed by atoms with van der Waals surface area (Å²) in [6.07, 6.45) is 1.50. The molecule has 31 heavy (non-hydrogen) atoms. The average Bonchev–Trinajstić information content (AvgIpc) is 2.75. The van der Waals surface area contributed by atoms with Crippen LogP contribution in [0.4, 0.5) is 11.5 Å². The summed E-state index contributed by atoms with van der Waals surface area (Å²) in [6.45, 7) is 5.48. The molecule has 0 amide bonds. The highest BCUT2D eigenvalue weighted by molar-refractivity contribution is 6.48. The maximum absolute atomic E-state index is 6.03. The lowest BCUT2D eigenvalue weighted by molar-refractivity contribution is 0.132. The molecule has 0 aliphatic heterocycles. The first kappa shape index (κ1) is 24.7. The van der Waals surface area contributed by atoms with Crippen molar-refractivity contribution >= 4 is 51.4 Å². The third kappa shape index (κ3) is 6.70. The molecule has 0 aliphatic rings. The van der Waals surface area contributed by atoms with Crippen molar-refractivity contribution < 1.29 is 18.9 Å². The van der Waals surface area contributed by atoms with Gasteiger partial charge in [-0.05, 0) is 23.8 Å². The molecule has 0 atom stereocenters. The molecule has 0 spiro atoms. The van der Waals surface area contributed by atoms with Crippen LogP contribution in [0.5, 0.6) is 11.5 Å². The number of hydrogen-bond donors (Lipinski definition) is 1. The topological polar surface area (TPSA) is 74.7 Å². The quantitative estimate of drug-likeness (QED) is 0.396. The lowest BCUT2D eigenvalue weighted by atomic mass is 10.1. The van der Waals surface area contributed by atoms with E-state index in [0.29, 0.717) is 48.8 Å². The van der Waals surface area contributed by atoms with Crippen molar-refractivity contribution in [1.29, 1.82) is 0 Å². The number of hydrogen-bond acceptors (Lipinski definition) is 7. The van der Waals surface area contributed by atoms with Crippen LogP contribution in [0.1, 0.15) is 5.56 Å². The molecule has 0 bridgehead atoms. The molecule has 0 radical (unpaired) electrons. The molecular weight excluding hydrogens is 441 g/mol. The Labute approximate surface area is 192 Å². The van der Waals surface area contributed by atoms with Gasteiger partial charge < -0.3 is 24.3 Å². The maximum Gasteiger partial charge on any atom is 0.163 e. The van der Waals surface area contributed by atoms with Crippen LogP contribution in [-0.4, -0.2) is 50.6 Å². The molecule has 0 saturated heterocycles. The van der Waals surface area contributed by atoms with E-state index in [4.69, 9.17) is 30.5 Å². The van der Waals surface area contributed by atoms with Crippen LogP contribution in [0.3, 0.4) is 0 Å². The van der Waals surface area contributed by atoms with Crippen LogP contribution in [0.2, 0.25) is 0 Å². The summed E-state index contributed by atoms with van der Waals surface area (Å²) in [7, 11) is 3.25. The van der Waals surface area contributed by atoms with Crippen molar-refractivity contribution in [2.75, 3.05) is 46.0 Å². The molecule has 0 unspecified atom stereocenters. The van der Waals surface area contributed by atoms with E-state index in [1.807, 2.05) is 36.4 Å². The fraction of sp³-hybridized carbons (Fsp3) is 0.273. The lowest BCUT2D eigenvalue weighted by Crippen LogP contribution is -2.09. The number of nitrogens with one attached hydrogen (secondary N) is 1. The first-order valence-electron chi connectivity index (χ1n) is 9.36. The molecule has 0 fully saturated rings. The molecule has 0 saturated carbocycles. The molecule has 0 aliphatic carbocycles. The van der Waals surface area contributed by atoms with Crippen LogP contribution < -0.4 is 14.8 Å². The average molecular weight is 466 g/mol. The van der Waals surface area contributed by atoms with Crippen LogP contribution in [0.25, 0.3) is 15.9 Å². The minimum absolute atomic E-state index is 0. The van der Waals surface area contributed by atoms with Gasteiger partial charge >= 0.3 is 0 Å². The molecule has 166 valence electrons. The van der Waals surface area contributed by atoms with Crippen molar-refractivity contribution in [2.24, 2.45) is 0 Å². The molecule has 9 heteroatoms. The minimum Gasteiger partial charge on any atom is -0.487 e. The Morgan fingerprint density at radius 3 is 2.29 bits per heavy atom. The van der Waals surface area contributed by atoms with E-state index in [2.05, 4.69) is 21.9 Å². The minimum atomic E-state index is 0. The molecule has 2 aromatic carbocycles. The molecule has 3 rings (SSSR count). The third-order valence-corrected chi connectivity index (χ3v) is 4.45. The summed E-state index contributed by atoms with van der Waals surface area (Å²) >= 11 is 6.03. The van der Waals surface area contributed by atoms with Gasteiger partial charge in [-0.2, -0.15) is 0 Å². The fourth-order valence-corrected chi connectivity index (χ4v) is 2.88. The zero-order chi connectivity index (χ0) is 21.3. The molecule has 3 aromatic rings. The van der Waals surface area contributed by atoms with Crippen LogP contribution in [0.15, 0.2) is 49.3 Å². The largest absolute Gasteiger partial charge is 0.487 e. The Morgan fingerprint density at radius 2 is 1.65 bits per heavy atom. The first-order valence-corrected chi connectivity index (χ1v) is 9.74. The summed E-state index contributed by atoms with van der Waals surface area (Å²) in [6, 6.07) is 11.3. The monoisotopic (exact) mass is 465 g/mol. The van der Waals surface area contributed by atoms with Crippen molar-refractivity contribution in [2.45, 2.75) is 0 Å². The second kappa shape index (κ2) is 12.3. The summed E-state index contributed by atoms with van der Waals surface area (Å²) in [5, 5.41) is 4.58. The summed E-state index contributed by atoms with van der Waals surface area (Å²) < 4.78 is 21.8. The number of fused-ring (bicyclic) bond motifs is 1. The zero-order valence-corrected chi connectivity index (χ0v) is 19.0. The second-order valence-electron chi connectivity index (χ2n) is 6.33. The highest BCUT2D eigenvalue weighted by Gasteiger charge is 2.13. The van der Waals surface area contributed by atoms with Gasteiger partial charge in [-0.1, -0.05) is 30.3 Å². The Hall–Kier alpha value is -2.58. The van der Waals surface area contributed by atoms with Crippen LogP contribution in [0, 0.1) is 0 Å². The number of halogens is 2. The van der Waals surface area contributed by atoms with Crippen molar-refractivity contribution in [1.82, 2.24) is 9.97 Å². The number of methoxy groups -OCH3 is 2. The summed E-state index contributed by atoms with van der Waals surface area (Å²) in [5.41, 5.74) is 2.38. The van der Waals surface area contributed by atoms with Gasteiger partial charge in [0.1, 0.15) is 25.4 Å². The third-order valence-electron chi connectivity index (χ3n) is 4.23. The van der Waals surface area contributed by atoms with E-state index < -0.39 is 0 Å². The van der Waals surface area contributed by atoms with Crippen LogP contribution >= 0.6 is 24.0 Å². The van der Waals surface area contributed by atoms with Gasteiger partial charge in [0.25, 0.3) is 0 Å². The van der Waals surface area contributed by atoms with E-state index in [1.54, 1.807) is 14.2 Å². The molecular formula is C22H25Cl2N3O4. The van der Waals surface area contributed by atoms with E-state index in [1.165, 1.54) is 6.33 Å². The normalized spacial score (nSPS) is 10.4. The highest BCUT2D eigenvalue weighted by atomic mass is 35.5. The van der Waals surface area contributed by atoms with Gasteiger partial charge in [-0.3, -0.25) is 0 Å². The smallest absolute Gasteiger partial charge is 0.163 e. The van der Waals surface area contributed by atoms with Gasteiger partial charge in [-0.15, -0.1) is 12.4 Å². The van der Waals surface area contributed by atoms with E-state index in [-0.39, 0.29) is 12.4 Å². The molecule has 1 heterocycles. The van der Waals surface area contributed by atoms with Crippen molar-refractivity contribution in [3.8, 4) is 11.5 Å². The maximum atomic E-state index is 6.03. The number of anilines is 2. The van der Waals surface area contributed by atoms with Gasteiger partial charge in [-0.25, -0.2) is 9.97 Å². The number of ether oxygens (including phenoxy) is 4. The summed E-state index contributed by atoms with van der Waals surface area (Å²) in [4.78, 5) is 8.78. The Morgan fingerprint density at radius 1 is 0.968 bits per heavy atom. The second-order valence-corrected chi connectivity index (χ2v) is 6.79. The van der Waals surface area contributed by atoms with Crippen LogP contribution in [-0.2, 0) is 9.47 Å². The van der Waals surface area contributed by atoms with Crippen molar-refractivity contribution in [3.05, 3.63) is 54.9 Å². The van der Waals surface area contributed by atoms with E-state index in [0.717, 1.165) is 22.2 Å². The Balaban J connectivity index is 0.00000341. The number of nitrogens with zero attached hydrogens (tertiary/aromatic N) is 2. The predicted octanol–water partition coefficient (Wildman–Crippen LogP) is 5.06. The molecule has 1 aromatic heterocycles. The Kier molecular flexibility index (Phi) is 9.81. The molecule has 1 N–H and O–H groups in total. The summed E-state index contributed by atoms with van der Waals surface area (Å²) in [5.74, 6) is 1.80. The number of aromatic nitrogens is 2. The van der Waals surface area contributed by atoms with Gasteiger partial charge in [0.05, 0.1) is 18.7 Å². The van der Waals surface area contributed by atoms with Crippen molar-refractivity contribution in [3.63, 3.8) is 0 Å². The van der Waals surface area contributed by atoms with Gasteiger partial charge in [0.15, 0.2) is 11.5 Å². The first-order chi connectivity index (χ1) is 14.6. The highest BCUT2D eigenvalue weighted by Crippen LogP contribution is 2.35. The van der Waals surface area contributed by atoms with Gasteiger partial charge in [0, 0.05) is 36.4 Å². The fourth-order valence-electron chi connectivity index (χ4n) is 2.76. The SMILES string of the molecule is C=C(Cl)c1cccc(Nc2ncnc3cc(OCCOC)c(OCCOC)cc23)c1.Cl. The predicted molar refractivity (Wildman–Crippen MR) is 126 cm³/mol. The van der Waals surface area contributed by atoms with Gasteiger partial charge in [0.2, 0.25) is 0 Å².